The molecule has 0 unspecified atom stereocenters. The monoisotopic (exact) mass is 340 g/mol. The van der Waals surface area contributed by atoms with E-state index in [-0.39, 0.29) is 11.8 Å². The van der Waals surface area contributed by atoms with Gasteiger partial charge in [-0.15, -0.1) is 0 Å². The van der Waals surface area contributed by atoms with Crippen molar-refractivity contribution < 1.29 is 9.59 Å². The second kappa shape index (κ2) is 6.76. The molecule has 114 valence electrons. The van der Waals surface area contributed by atoms with E-state index in [9.17, 15) is 9.59 Å². The maximum absolute atomic E-state index is 12.4. The number of nitrogens with zero attached hydrogens (tertiary/aromatic N) is 1. The van der Waals surface area contributed by atoms with E-state index in [1.165, 1.54) is 11.8 Å². The van der Waals surface area contributed by atoms with Gasteiger partial charge in [-0.2, -0.15) is 5.01 Å². The zero-order chi connectivity index (χ0) is 16.2. The molecule has 0 bridgehead atoms. The van der Waals surface area contributed by atoms with Crippen molar-refractivity contribution in [2.24, 2.45) is 0 Å². The van der Waals surface area contributed by atoms with Crippen LogP contribution in [0, 0.1) is 0 Å². The Hall–Kier alpha value is -2.44. The number of benzene rings is 2. The number of thiocarbonyl (C=S) groups is 1. The highest BCUT2D eigenvalue weighted by molar-refractivity contribution is 8.26. The summed E-state index contributed by atoms with van der Waals surface area (Å²) >= 11 is 6.36. The van der Waals surface area contributed by atoms with Gasteiger partial charge in [-0.1, -0.05) is 60.3 Å². The Balaban J connectivity index is 1.77. The molecule has 0 aliphatic carbocycles. The van der Waals surface area contributed by atoms with Crippen molar-refractivity contribution in [3.05, 3.63) is 76.7 Å². The number of hydrogen-bond acceptors (Lipinski definition) is 4. The summed E-state index contributed by atoms with van der Waals surface area (Å²) in [6.45, 7) is 0. The van der Waals surface area contributed by atoms with E-state index in [1.807, 2.05) is 36.4 Å². The third-order valence-corrected chi connectivity index (χ3v) is 4.44. The first-order chi connectivity index (χ1) is 11.1. The normalized spacial score (nSPS) is 16.0. The highest BCUT2D eigenvalue weighted by Crippen LogP contribution is 2.31. The zero-order valence-electron chi connectivity index (χ0n) is 11.9. The quantitative estimate of drug-likeness (QED) is 0.688. The number of rotatable bonds is 3. The van der Waals surface area contributed by atoms with Crippen molar-refractivity contribution in [3.63, 3.8) is 0 Å². The number of carbonyl (C=O) groups excluding carboxylic acids is 2. The standard InChI is InChI=1S/C17H12N2O2S2/c20-15(13-9-5-2-6-10-13)18-19-16(21)14(23-17(19)22)11-12-7-3-1-4-8-12/h1-11H,(H,18,20)/b14-11-. The summed E-state index contributed by atoms with van der Waals surface area (Å²) in [6, 6.07) is 18.2. The third-order valence-electron chi connectivity index (χ3n) is 3.14. The Morgan fingerprint density at radius 1 is 1.04 bits per heavy atom. The van der Waals surface area contributed by atoms with Crippen LogP contribution >= 0.6 is 24.0 Å². The predicted molar refractivity (Wildman–Crippen MR) is 95.4 cm³/mol. The van der Waals surface area contributed by atoms with E-state index in [0.29, 0.717) is 14.8 Å². The zero-order valence-corrected chi connectivity index (χ0v) is 13.6. The maximum Gasteiger partial charge on any atom is 0.285 e. The molecular formula is C17H12N2O2S2. The van der Waals surface area contributed by atoms with Crippen molar-refractivity contribution in [2.75, 3.05) is 0 Å². The molecular weight excluding hydrogens is 328 g/mol. The van der Waals surface area contributed by atoms with Crippen molar-refractivity contribution in [1.29, 1.82) is 0 Å². The minimum atomic E-state index is -0.372. The van der Waals surface area contributed by atoms with Gasteiger partial charge in [0.2, 0.25) is 0 Å². The van der Waals surface area contributed by atoms with Gasteiger partial charge in [-0.05, 0) is 36.0 Å². The fourth-order valence-corrected chi connectivity index (χ4v) is 3.20. The van der Waals surface area contributed by atoms with Crippen LogP contribution in [0.3, 0.4) is 0 Å². The SMILES string of the molecule is O=C(NN1C(=O)/C(=C/c2ccccc2)SC1=S)c1ccccc1. The summed E-state index contributed by atoms with van der Waals surface area (Å²) in [5, 5.41) is 1.12. The van der Waals surface area contributed by atoms with Crippen LogP contribution in [0.5, 0.6) is 0 Å². The number of hydrazine groups is 1. The Bertz CT molecular complexity index is 789. The number of nitrogens with one attached hydrogen (secondary N) is 1. The van der Waals surface area contributed by atoms with E-state index in [2.05, 4.69) is 5.43 Å². The topological polar surface area (TPSA) is 49.4 Å². The van der Waals surface area contributed by atoms with Crippen molar-refractivity contribution >= 4 is 46.2 Å². The number of hydrogen-bond donors (Lipinski definition) is 1. The van der Waals surface area contributed by atoms with Crippen LogP contribution in [0.1, 0.15) is 15.9 Å². The van der Waals surface area contributed by atoms with Gasteiger partial charge in [0.15, 0.2) is 4.32 Å². The van der Waals surface area contributed by atoms with Gasteiger partial charge in [-0.25, -0.2) is 0 Å². The average Bonchev–Trinajstić information content (AvgIpc) is 2.84. The van der Waals surface area contributed by atoms with Gasteiger partial charge in [0, 0.05) is 5.56 Å². The Morgan fingerprint density at radius 2 is 1.65 bits per heavy atom. The van der Waals surface area contributed by atoms with Crippen LogP contribution in [0.4, 0.5) is 0 Å². The van der Waals surface area contributed by atoms with Crippen LogP contribution in [-0.4, -0.2) is 21.1 Å². The van der Waals surface area contributed by atoms with Crippen molar-refractivity contribution in [2.45, 2.75) is 0 Å². The lowest BCUT2D eigenvalue weighted by atomic mass is 10.2. The first kappa shape index (κ1) is 15.5. The summed E-state index contributed by atoms with van der Waals surface area (Å²) < 4.78 is 0.307. The minimum absolute atomic E-state index is 0.307. The number of carbonyl (C=O) groups is 2. The van der Waals surface area contributed by atoms with Gasteiger partial charge in [0.1, 0.15) is 0 Å². The van der Waals surface area contributed by atoms with Gasteiger partial charge >= 0.3 is 0 Å². The molecule has 1 aliphatic rings. The molecule has 0 spiro atoms. The van der Waals surface area contributed by atoms with E-state index in [4.69, 9.17) is 12.2 Å². The Kier molecular flexibility index (Phi) is 4.55. The molecule has 2 aromatic rings. The first-order valence-electron chi connectivity index (χ1n) is 6.84. The lowest BCUT2D eigenvalue weighted by molar-refractivity contribution is -0.123. The summed E-state index contributed by atoms with van der Waals surface area (Å²) in [4.78, 5) is 25.1. The van der Waals surface area contributed by atoms with Gasteiger partial charge in [0.05, 0.1) is 4.91 Å². The predicted octanol–water partition coefficient (Wildman–Crippen LogP) is 3.23. The Labute approximate surface area is 143 Å². The van der Waals surface area contributed by atoms with Crippen LogP contribution in [0.25, 0.3) is 6.08 Å². The van der Waals surface area contributed by atoms with Crippen LogP contribution in [-0.2, 0) is 4.79 Å². The molecule has 4 nitrogen and oxygen atoms in total. The number of thioether (sulfide) groups is 1. The third kappa shape index (κ3) is 3.49. The molecule has 1 N–H and O–H groups in total. The molecule has 1 fully saturated rings. The summed E-state index contributed by atoms with van der Waals surface area (Å²) in [5.41, 5.74) is 3.92. The molecule has 2 aromatic carbocycles. The van der Waals surface area contributed by atoms with Gasteiger partial charge in [-0.3, -0.25) is 15.0 Å². The molecule has 0 atom stereocenters. The lowest BCUT2D eigenvalue weighted by Gasteiger charge is -2.15. The highest BCUT2D eigenvalue weighted by Gasteiger charge is 2.33. The van der Waals surface area contributed by atoms with Gasteiger partial charge in [0.25, 0.3) is 11.8 Å². The molecule has 1 aliphatic heterocycles. The van der Waals surface area contributed by atoms with Gasteiger partial charge < -0.3 is 0 Å². The average molecular weight is 340 g/mol. The number of amides is 2. The summed E-state index contributed by atoms with van der Waals surface area (Å²) in [7, 11) is 0. The summed E-state index contributed by atoms with van der Waals surface area (Å²) in [6.07, 6.45) is 1.76. The summed E-state index contributed by atoms with van der Waals surface area (Å²) in [5.74, 6) is -0.698. The van der Waals surface area contributed by atoms with Crippen LogP contribution in [0.15, 0.2) is 65.6 Å². The molecule has 0 aromatic heterocycles. The highest BCUT2D eigenvalue weighted by atomic mass is 32.2. The van der Waals surface area contributed by atoms with E-state index in [0.717, 1.165) is 10.6 Å². The second-order valence-corrected chi connectivity index (χ2v) is 6.41. The van der Waals surface area contributed by atoms with E-state index >= 15 is 0 Å². The molecule has 1 heterocycles. The molecule has 2 amide bonds. The largest absolute Gasteiger partial charge is 0.285 e. The van der Waals surface area contributed by atoms with Crippen LogP contribution < -0.4 is 5.43 Å². The van der Waals surface area contributed by atoms with E-state index in [1.54, 1.807) is 30.3 Å². The molecule has 3 rings (SSSR count). The smallest absolute Gasteiger partial charge is 0.267 e. The molecule has 1 saturated heterocycles. The minimum Gasteiger partial charge on any atom is -0.267 e. The molecule has 6 heteroatoms. The lowest BCUT2D eigenvalue weighted by Crippen LogP contribution is -2.44. The Morgan fingerprint density at radius 3 is 2.30 bits per heavy atom. The fraction of sp³-hybridized carbons (Fsp3) is 0. The molecule has 23 heavy (non-hydrogen) atoms. The first-order valence-corrected chi connectivity index (χ1v) is 8.06. The van der Waals surface area contributed by atoms with Crippen molar-refractivity contribution in [1.82, 2.24) is 10.4 Å². The fourth-order valence-electron chi connectivity index (χ4n) is 2.02. The van der Waals surface area contributed by atoms with E-state index < -0.39 is 0 Å². The van der Waals surface area contributed by atoms with Crippen LogP contribution in [0.2, 0.25) is 0 Å². The van der Waals surface area contributed by atoms with Crippen molar-refractivity contribution in [3.8, 4) is 0 Å². The molecule has 0 saturated carbocycles. The molecule has 0 radical (unpaired) electrons. The maximum atomic E-state index is 12.4. The second-order valence-electron chi connectivity index (χ2n) is 4.73.